The van der Waals surface area contributed by atoms with Gasteiger partial charge in [0.1, 0.15) is 5.82 Å². The van der Waals surface area contributed by atoms with E-state index in [1.165, 1.54) is 0 Å². The van der Waals surface area contributed by atoms with Gasteiger partial charge in [0.2, 0.25) is 11.9 Å². The maximum absolute atomic E-state index is 13.0. The van der Waals surface area contributed by atoms with Crippen molar-refractivity contribution in [3.63, 3.8) is 0 Å². The van der Waals surface area contributed by atoms with Crippen molar-refractivity contribution >= 4 is 17.7 Å². The van der Waals surface area contributed by atoms with E-state index in [1.807, 2.05) is 32.0 Å². The monoisotopic (exact) mass is 503 g/mol. The number of aromatic nitrogens is 2. The van der Waals surface area contributed by atoms with Crippen LogP contribution in [0.5, 0.6) is 0 Å². The van der Waals surface area contributed by atoms with E-state index >= 15 is 0 Å². The Morgan fingerprint density at radius 2 is 1.51 bits per heavy atom. The number of rotatable bonds is 6. The first-order valence-electron chi connectivity index (χ1n) is 11.1. The molecule has 1 aromatic carbocycles. The van der Waals surface area contributed by atoms with Gasteiger partial charge in [0, 0.05) is 44.4 Å². The van der Waals surface area contributed by atoms with Gasteiger partial charge < -0.3 is 15.5 Å². The summed E-state index contributed by atoms with van der Waals surface area (Å²) in [4.78, 5) is 23.3. The highest BCUT2D eigenvalue weighted by molar-refractivity contribution is 5.78. The number of hydrogen-bond acceptors (Lipinski definition) is 5. The van der Waals surface area contributed by atoms with Crippen LogP contribution < -0.4 is 15.5 Å². The number of halogens is 6. The van der Waals surface area contributed by atoms with Crippen LogP contribution in [0.4, 0.5) is 38.1 Å². The Balaban J connectivity index is 1.57. The van der Waals surface area contributed by atoms with Gasteiger partial charge >= 0.3 is 12.4 Å². The minimum absolute atomic E-state index is 0.0497. The highest BCUT2D eigenvalue weighted by Gasteiger charge is 2.37. The summed E-state index contributed by atoms with van der Waals surface area (Å²) in [6, 6.07) is 3.22. The lowest BCUT2D eigenvalue weighted by atomic mass is 9.85. The van der Waals surface area contributed by atoms with Gasteiger partial charge in [-0.05, 0) is 56.4 Å². The Hall–Kier alpha value is -3.05. The van der Waals surface area contributed by atoms with Gasteiger partial charge in [0.05, 0.1) is 11.1 Å². The highest BCUT2D eigenvalue weighted by Crippen LogP contribution is 2.36. The average Bonchev–Trinajstić information content (AvgIpc) is 2.76. The standard InChI is InChI=1S/C23H27F6N5O/c1-13-8-19(34(2)3)33-21(31-13)32-18-6-4-15(5-7-18)20(35)30-12-14-9-16(22(24,25)26)11-17(10-14)23(27,28)29/h8-11,15,18H,4-7,12H2,1-3H3,(H,30,35)(H,31,32,33). The quantitative estimate of drug-likeness (QED) is 0.532. The second kappa shape index (κ2) is 10.3. The van der Waals surface area contributed by atoms with Gasteiger partial charge in [-0.15, -0.1) is 0 Å². The van der Waals surface area contributed by atoms with Gasteiger partial charge in [-0.1, -0.05) is 0 Å². The first kappa shape index (κ1) is 26.6. The summed E-state index contributed by atoms with van der Waals surface area (Å²) in [6.45, 7) is 1.44. The Kier molecular flexibility index (Phi) is 7.80. The highest BCUT2D eigenvalue weighted by atomic mass is 19.4. The lowest BCUT2D eigenvalue weighted by molar-refractivity contribution is -0.143. The normalized spacial score (nSPS) is 18.8. The zero-order valence-corrected chi connectivity index (χ0v) is 19.5. The first-order chi connectivity index (χ1) is 16.2. The largest absolute Gasteiger partial charge is 0.416 e. The molecule has 1 heterocycles. The van der Waals surface area contributed by atoms with Crippen LogP contribution >= 0.6 is 0 Å². The third-order valence-corrected chi connectivity index (χ3v) is 5.84. The molecule has 2 aromatic rings. The predicted octanol–water partition coefficient (Wildman–Crippen LogP) is 5.18. The zero-order valence-electron chi connectivity index (χ0n) is 19.5. The Labute approximate surface area is 199 Å². The number of nitrogens with one attached hydrogen (secondary N) is 2. The van der Waals surface area contributed by atoms with Crippen molar-refractivity contribution in [2.45, 2.75) is 57.5 Å². The van der Waals surface area contributed by atoms with Crippen molar-refractivity contribution in [1.29, 1.82) is 0 Å². The number of hydrogen-bond donors (Lipinski definition) is 2. The van der Waals surface area contributed by atoms with Gasteiger partial charge in [0.25, 0.3) is 0 Å². The fourth-order valence-corrected chi connectivity index (χ4v) is 3.98. The number of anilines is 2. The van der Waals surface area contributed by atoms with Crippen LogP contribution in [0.15, 0.2) is 24.3 Å². The summed E-state index contributed by atoms with van der Waals surface area (Å²) in [5.41, 5.74) is -2.26. The molecule has 2 N–H and O–H groups in total. The molecule has 12 heteroatoms. The second-order valence-electron chi connectivity index (χ2n) is 8.91. The number of nitrogens with zero attached hydrogens (tertiary/aromatic N) is 3. The molecule has 1 aromatic heterocycles. The van der Waals surface area contributed by atoms with Crippen LogP contribution in [-0.4, -0.2) is 36.0 Å². The zero-order chi connectivity index (χ0) is 26.0. The lowest BCUT2D eigenvalue weighted by Gasteiger charge is -2.28. The van der Waals surface area contributed by atoms with E-state index in [9.17, 15) is 31.1 Å². The molecule has 3 rings (SSSR count). The van der Waals surface area contributed by atoms with Crippen molar-refractivity contribution in [3.05, 3.63) is 46.6 Å². The number of benzene rings is 1. The van der Waals surface area contributed by atoms with Gasteiger partial charge in [-0.25, -0.2) is 4.98 Å². The second-order valence-corrected chi connectivity index (χ2v) is 8.91. The summed E-state index contributed by atoms with van der Waals surface area (Å²) in [5.74, 6) is 0.482. The summed E-state index contributed by atoms with van der Waals surface area (Å²) in [7, 11) is 3.75. The van der Waals surface area contributed by atoms with Gasteiger partial charge in [-0.2, -0.15) is 31.3 Å². The molecule has 0 aliphatic heterocycles. The Morgan fingerprint density at radius 1 is 0.943 bits per heavy atom. The van der Waals surface area contributed by atoms with Gasteiger partial charge in [-0.3, -0.25) is 4.79 Å². The molecule has 0 radical (unpaired) electrons. The number of carbonyl (C=O) groups is 1. The molecule has 0 saturated heterocycles. The van der Waals surface area contributed by atoms with E-state index in [1.54, 1.807) is 0 Å². The van der Waals surface area contributed by atoms with Crippen LogP contribution in [0.1, 0.15) is 48.1 Å². The van der Waals surface area contributed by atoms with E-state index in [0.717, 1.165) is 11.5 Å². The molecule has 0 spiro atoms. The predicted molar refractivity (Wildman–Crippen MR) is 119 cm³/mol. The summed E-state index contributed by atoms with van der Waals surface area (Å²) in [6.07, 6.45) is -7.53. The molecule has 1 fully saturated rings. The van der Waals surface area contributed by atoms with Crippen molar-refractivity contribution in [1.82, 2.24) is 15.3 Å². The van der Waals surface area contributed by atoms with Crippen LogP contribution in [0, 0.1) is 12.8 Å². The number of aryl methyl sites for hydroxylation is 1. The molecule has 192 valence electrons. The van der Waals surface area contributed by atoms with Crippen LogP contribution in [0.3, 0.4) is 0 Å². The molecule has 6 nitrogen and oxygen atoms in total. The molecule has 1 amide bonds. The Morgan fingerprint density at radius 3 is 2.03 bits per heavy atom. The maximum atomic E-state index is 13.0. The summed E-state index contributed by atoms with van der Waals surface area (Å²) < 4.78 is 78.2. The van der Waals surface area contributed by atoms with E-state index in [-0.39, 0.29) is 23.6 Å². The average molecular weight is 503 g/mol. The smallest absolute Gasteiger partial charge is 0.363 e. The SMILES string of the molecule is Cc1cc(N(C)C)nc(NC2CCC(C(=O)NCc3cc(C(F)(F)F)cc(C(F)(F)F)c3)CC2)n1. The molecular formula is C23H27F6N5O. The molecule has 1 aliphatic carbocycles. The molecular weight excluding hydrogens is 476 g/mol. The minimum atomic E-state index is -4.93. The third kappa shape index (κ3) is 7.22. The molecule has 0 bridgehead atoms. The fourth-order valence-electron chi connectivity index (χ4n) is 3.98. The Bertz CT molecular complexity index is 1010. The molecule has 1 aliphatic rings. The van der Waals surface area contributed by atoms with E-state index in [4.69, 9.17) is 0 Å². The topological polar surface area (TPSA) is 70.2 Å². The van der Waals surface area contributed by atoms with Crippen molar-refractivity contribution in [2.24, 2.45) is 5.92 Å². The van der Waals surface area contributed by atoms with Crippen molar-refractivity contribution in [2.75, 3.05) is 24.3 Å². The molecule has 35 heavy (non-hydrogen) atoms. The lowest BCUT2D eigenvalue weighted by Crippen LogP contribution is -2.36. The third-order valence-electron chi connectivity index (χ3n) is 5.84. The minimum Gasteiger partial charge on any atom is -0.363 e. The fraction of sp³-hybridized carbons (Fsp3) is 0.522. The summed E-state index contributed by atoms with van der Waals surface area (Å²) >= 11 is 0. The maximum Gasteiger partial charge on any atom is 0.416 e. The van der Waals surface area contributed by atoms with E-state index in [0.29, 0.717) is 43.8 Å². The van der Waals surface area contributed by atoms with Crippen LogP contribution in [0.2, 0.25) is 0 Å². The van der Waals surface area contributed by atoms with Crippen molar-refractivity contribution < 1.29 is 31.1 Å². The molecule has 0 unspecified atom stereocenters. The van der Waals surface area contributed by atoms with Crippen LogP contribution in [0.25, 0.3) is 0 Å². The number of alkyl halides is 6. The first-order valence-corrected chi connectivity index (χ1v) is 11.1. The number of carbonyl (C=O) groups excluding carboxylic acids is 1. The molecule has 0 atom stereocenters. The van der Waals surface area contributed by atoms with E-state index in [2.05, 4.69) is 20.6 Å². The number of amides is 1. The van der Waals surface area contributed by atoms with E-state index < -0.39 is 35.9 Å². The summed E-state index contributed by atoms with van der Waals surface area (Å²) in [5, 5.41) is 5.77. The van der Waals surface area contributed by atoms with Crippen LogP contribution in [-0.2, 0) is 23.7 Å². The van der Waals surface area contributed by atoms with Gasteiger partial charge in [0.15, 0.2) is 0 Å². The van der Waals surface area contributed by atoms with Crippen molar-refractivity contribution in [3.8, 4) is 0 Å². The molecule has 1 saturated carbocycles.